The molecule has 0 unspecified atom stereocenters. The summed E-state index contributed by atoms with van der Waals surface area (Å²) in [7, 11) is 1.44. The normalized spacial score (nSPS) is 10.6. The summed E-state index contributed by atoms with van der Waals surface area (Å²) >= 11 is 0. The number of rotatable bonds is 6. The van der Waals surface area contributed by atoms with Crippen molar-refractivity contribution in [3.63, 3.8) is 0 Å². The molecule has 0 radical (unpaired) electrons. The predicted molar refractivity (Wildman–Crippen MR) is 129 cm³/mol. The van der Waals surface area contributed by atoms with E-state index in [1.54, 1.807) is 36.4 Å². The molecule has 0 aromatic heterocycles. The van der Waals surface area contributed by atoms with E-state index in [-0.39, 0.29) is 5.75 Å². The second kappa shape index (κ2) is 10.9. The maximum absolute atomic E-state index is 12.4. The lowest BCUT2D eigenvalue weighted by atomic mass is 10.1. The molecule has 34 heavy (non-hydrogen) atoms. The molecule has 8 nitrogen and oxygen atoms in total. The van der Waals surface area contributed by atoms with E-state index in [1.807, 2.05) is 45.0 Å². The van der Waals surface area contributed by atoms with Crippen LogP contribution in [0.25, 0.3) is 0 Å². The van der Waals surface area contributed by atoms with Crippen LogP contribution in [0.15, 0.2) is 65.8 Å². The van der Waals surface area contributed by atoms with E-state index in [9.17, 15) is 14.4 Å². The zero-order valence-electron chi connectivity index (χ0n) is 19.3. The first-order chi connectivity index (χ1) is 16.3. The Kier molecular flexibility index (Phi) is 7.76. The van der Waals surface area contributed by atoms with Crippen molar-refractivity contribution >= 4 is 29.7 Å². The number of hydrogen-bond acceptors (Lipinski definition) is 6. The summed E-state index contributed by atoms with van der Waals surface area (Å²) in [5.41, 5.74) is 6.64. The summed E-state index contributed by atoms with van der Waals surface area (Å²) < 4.78 is 10.7. The van der Waals surface area contributed by atoms with Gasteiger partial charge < -0.3 is 14.8 Å². The molecule has 174 valence electrons. The molecule has 0 spiro atoms. The number of nitrogens with zero attached hydrogens (tertiary/aromatic N) is 1. The average Bonchev–Trinajstić information content (AvgIpc) is 2.81. The standard InChI is InChI=1S/C26H25N3O5/c1-16-5-9-20(10-6-16)26(32)34-22-12-8-19(14-23(22)33-4)15-27-29-25(31)24(30)28-21-11-7-17(2)13-18(21)3/h5-15H,1-4H3,(H,28,30)(H,29,31)/b27-15+. The lowest BCUT2D eigenvalue weighted by Gasteiger charge is -2.10. The molecule has 3 aromatic carbocycles. The number of amides is 2. The number of anilines is 1. The van der Waals surface area contributed by atoms with Crippen LogP contribution < -0.4 is 20.2 Å². The van der Waals surface area contributed by atoms with Gasteiger partial charge in [0.2, 0.25) is 0 Å². The van der Waals surface area contributed by atoms with E-state index >= 15 is 0 Å². The Morgan fingerprint density at radius 1 is 0.824 bits per heavy atom. The fourth-order valence-corrected chi connectivity index (χ4v) is 3.05. The van der Waals surface area contributed by atoms with E-state index in [0.29, 0.717) is 22.6 Å². The number of nitrogens with one attached hydrogen (secondary N) is 2. The number of carbonyl (C=O) groups is 3. The zero-order valence-corrected chi connectivity index (χ0v) is 19.3. The molecule has 0 aliphatic heterocycles. The quantitative estimate of drug-likeness (QED) is 0.191. The van der Waals surface area contributed by atoms with Crippen LogP contribution in [0, 0.1) is 20.8 Å². The van der Waals surface area contributed by atoms with Gasteiger partial charge in [0.25, 0.3) is 0 Å². The zero-order chi connectivity index (χ0) is 24.7. The predicted octanol–water partition coefficient (Wildman–Crippen LogP) is 3.93. The Hall–Kier alpha value is -4.46. The molecule has 0 heterocycles. The molecule has 2 N–H and O–H groups in total. The van der Waals surface area contributed by atoms with Gasteiger partial charge in [0, 0.05) is 5.69 Å². The van der Waals surface area contributed by atoms with Gasteiger partial charge in [-0.15, -0.1) is 0 Å². The van der Waals surface area contributed by atoms with Crippen molar-refractivity contribution in [2.45, 2.75) is 20.8 Å². The highest BCUT2D eigenvalue weighted by molar-refractivity contribution is 6.39. The third-order valence-corrected chi connectivity index (χ3v) is 4.89. The minimum Gasteiger partial charge on any atom is -0.493 e. The molecule has 3 rings (SSSR count). The number of hydrazone groups is 1. The highest BCUT2D eigenvalue weighted by Gasteiger charge is 2.15. The van der Waals surface area contributed by atoms with Crippen molar-refractivity contribution in [2.24, 2.45) is 5.10 Å². The monoisotopic (exact) mass is 459 g/mol. The van der Waals surface area contributed by atoms with Crippen LogP contribution in [0.2, 0.25) is 0 Å². The fraction of sp³-hybridized carbons (Fsp3) is 0.154. The van der Waals surface area contributed by atoms with Crippen LogP contribution >= 0.6 is 0 Å². The summed E-state index contributed by atoms with van der Waals surface area (Å²) in [5.74, 6) is -1.71. The minimum absolute atomic E-state index is 0.238. The van der Waals surface area contributed by atoms with Crippen molar-refractivity contribution < 1.29 is 23.9 Å². The number of aryl methyl sites for hydroxylation is 3. The van der Waals surface area contributed by atoms with Gasteiger partial charge in [-0.2, -0.15) is 5.10 Å². The Bertz CT molecular complexity index is 1250. The minimum atomic E-state index is -0.910. The molecule has 0 aliphatic carbocycles. The van der Waals surface area contributed by atoms with Crippen LogP contribution in [0.5, 0.6) is 11.5 Å². The smallest absolute Gasteiger partial charge is 0.343 e. The largest absolute Gasteiger partial charge is 0.493 e. The van der Waals surface area contributed by atoms with Gasteiger partial charge >= 0.3 is 17.8 Å². The molecular weight excluding hydrogens is 434 g/mol. The number of carbonyl (C=O) groups excluding carboxylic acids is 3. The van der Waals surface area contributed by atoms with Gasteiger partial charge in [-0.05, 0) is 68.3 Å². The third kappa shape index (κ3) is 6.29. The SMILES string of the molecule is COc1cc(/C=N/NC(=O)C(=O)Nc2ccc(C)cc2C)ccc1OC(=O)c1ccc(C)cc1. The average molecular weight is 460 g/mol. The highest BCUT2D eigenvalue weighted by atomic mass is 16.6. The van der Waals surface area contributed by atoms with Crippen molar-refractivity contribution in [1.29, 1.82) is 0 Å². The molecule has 2 amide bonds. The van der Waals surface area contributed by atoms with E-state index < -0.39 is 17.8 Å². The summed E-state index contributed by atoms with van der Waals surface area (Å²) in [6.07, 6.45) is 1.34. The maximum atomic E-state index is 12.4. The number of ether oxygens (including phenoxy) is 2. The van der Waals surface area contributed by atoms with Crippen molar-refractivity contribution in [3.05, 3.63) is 88.5 Å². The molecule has 3 aromatic rings. The van der Waals surface area contributed by atoms with Crippen LogP contribution in [0.3, 0.4) is 0 Å². The van der Waals surface area contributed by atoms with Gasteiger partial charge in [-0.3, -0.25) is 9.59 Å². The first kappa shape index (κ1) is 24.2. The molecule has 0 aliphatic rings. The Morgan fingerprint density at radius 2 is 1.53 bits per heavy atom. The van der Waals surface area contributed by atoms with Crippen LogP contribution in [-0.4, -0.2) is 31.1 Å². The molecule has 0 saturated heterocycles. The molecule has 0 fully saturated rings. The van der Waals surface area contributed by atoms with Gasteiger partial charge in [-0.25, -0.2) is 10.2 Å². The van der Waals surface area contributed by atoms with Crippen molar-refractivity contribution in [2.75, 3.05) is 12.4 Å². The first-order valence-corrected chi connectivity index (χ1v) is 10.5. The number of methoxy groups -OCH3 is 1. The molecule has 0 atom stereocenters. The lowest BCUT2D eigenvalue weighted by molar-refractivity contribution is -0.136. The Morgan fingerprint density at radius 3 is 2.21 bits per heavy atom. The van der Waals surface area contributed by atoms with Gasteiger partial charge in [0.15, 0.2) is 11.5 Å². The maximum Gasteiger partial charge on any atom is 0.343 e. The Balaban J connectivity index is 1.61. The van der Waals surface area contributed by atoms with Gasteiger partial charge in [0.05, 0.1) is 18.9 Å². The fourth-order valence-electron chi connectivity index (χ4n) is 3.05. The van der Waals surface area contributed by atoms with E-state index in [1.165, 1.54) is 13.3 Å². The molecule has 8 heteroatoms. The summed E-state index contributed by atoms with van der Waals surface area (Å²) in [6.45, 7) is 5.71. The second-order valence-electron chi connectivity index (χ2n) is 7.64. The second-order valence-corrected chi connectivity index (χ2v) is 7.64. The van der Waals surface area contributed by atoms with Crippen molar-refractivity contribution in [1.82, 2.24) is 5.43 Å². The first-order valence-electron chi connectivity index (χ1n) is 10.5. The van der Waals surface area contributed by atoms with E-state index in [4.69, 9.17) is 9.47 Å². The molecule has 0 saturated carbocycles. The highest BCUT2D eigenvalue weighted by Crippen LogP contribution is 2.28. The summed E-state index contributed by atoms with van der Waals surface area (Å²) in [6, 6.07) is 17.3. The molecule has 0 bridgehead atoms. The topological polar surface area (TPSA) is 106 Å². The van der Waals surface area contributed by atoms with Crippen LogP contribution in [0.4, 0.5) is 5.69 Å². The third-order valence-electron chi connectivity index (χ3n) is 4.89. The van der Waals surface area contributed by atoms with Crippen molar-refractivity contribution in [3.8, 4) is 11.5 Å². The van der Waals surface area contributed by atoms with E-state index in [0.717, 1.165) is 16.7 Å². The van der Waals surface area contributed by atoms with Crippen LogP contribution in [0.1, 0.15) is 32.6 Å². The summed E-state index contributed by atoms with van der Waals surface area (Å²) in [5, 5.41) is 6.37. The van der Waals surface area contributed by atoms with E-state index in [2.05, 4.69) is 15.8 Å². The molecular formula is C26H25N3O5. The summed E-state index contributed by atoms with van der Waals surface area (Å²) in [4.78, 5) is 36.5. The number of esters is 1. The van der Waals surface area contributed by atoms with Gasteiger partial charge in [0.1, 0.15) is 0 Å². The van der Waals surface area contributed by atoms with Crippen LogP contribution in [-0.2, 0) is 9.59 Å². The van der Waals surface area contributed by atoms with Gasteiger partial charge in [-0.1, -0.05) is 35.4 Å². The number of benzene rings is 3. The lowest BCUT2D eigenvalue weighted by Crippen LogP contribution is -2.32. The Labute approximate surface area is 197 Å². The number of hydrogen-bond donors (Lipinski definition) is 2.